The number of methoxy groups -OCH3 is 1. The number of ether oxygens (including phenoxy) is 1. The van der Waals surface area contributed by atoms with E-state index < -0.39 is 12.0 Å². The number of phenolic OH excluding ortho intramolecular Hbond substituents is 1. The van der Waals surface area contributed by atoms with Crippen LogP contribution >= 0.6 is 0 Å². The number of phenols is 1. The van der Waals surface area contributed by atoms with Crippen molar-refractivity contribution in [2.75, 3.05) is 31.1 Å². The fourth-order valence-electron chi connectivity index (χ4n) is 6.50. The van der Waals surface area contributed by atoms with Gasteiger partial charge in [-0.05, 0) is 52.8 Å². The van der Waals surface area contributed by atoms with Crippen LogP contribution in [0.4, 0.5) is 11.4 Å². The van der Waals surface area contributed by atoms with Crippen LogP contribution < -0.4 is 37.3 Å². The first-order valence-electron chi connectivity index (χ1n) is 13.6. The number of hydrogen-bond acceptors (Lipinski definition) is 10. The fraction of sp³-hybridized carbons (Fsp3) is 0.290. The Balaban J connectivity index is 2.07. The SMILES string of the molecule is CCNNc1c(O)c2c(=O)cc(CO)c3c4c(CO)cc(NNCC)c5c(=O)c(OC)c6c(c(c1C=C(C)C6)c23)c54. The zero-order chi connectivity index (χ0) is 29.2. The highest BCUT2D eigenvalue weighted by Crippen LogP contribution is 2.52. The van der Waals surface area contributed by atoms with E-state index in [-0.39, 0.29) is 28.9 Å². The first-order valence-corrected chi connectivity index (χ1v) is 13.6. The Kier molecular flexibility index (Phi) is 6.58. The topological polar surface area (TPSA) is 152 Å². The van der Waals surface area contributed by atoms with Crippen LogP contribution in [0.2, 0.25) is 0 Å². The zero-order valence-corrected chi connectivity index (χ0v) is 23.3. The van der Waals surface area contributed by atoms with Gasteiger partial charge in [0.05, 0.1) is 42.5 Å². The number of fused-ring (bicyclic) bond motifs is 1. The first-order chi connectivity index (χ1) is 19.8. The van der Waals surface area contributed by atoms with E-state index in [9.17, 15) is 24.9 Å². The molecule has 0 radical (unpaired) electrons. The number of benzene rings is 5. The van der Waals surface area contributed by atoms with Gasteiger partial charge in [0.1, 0.15) is 0 Å². The van der Waals surface area contributed by atoms with E-state index in [1.54, 1.807) is 6.07 Å². The third-order valence-electron chi connectivity index (χ3n) is 7.98. The van der Waals surface area contributed by atoms with Gasteiger partial charge in [-0.15, -0.1) is 0 Å². The highest BCUT2D eigenvalue weighted by molar-refractivity contribution is 6.39. The predicted molar refractivity (Wildman–Crippen MR) is 163 cm³/mol. The molecule has 0 unspecified atom stereocenters. The Hall–Kier alpha value is -4.22. The average Bonchev–Trinajstić information content (AvgIpc) is 3.11. The molecule has 0 saturated carbocycles. The summed E-state index contributed by atoms with van der Waals surface area (Å²) < 4.78 is 5.79. The van der Waals surface area contributed by atoms with Crippen molar-refractivity contribution in [3.8, 4) is 11.5 Å². The monoisotopic (exact) mass is 556 g/mol. The Morgan fingerprint density at radius 1 is 0.829 bits per heavy atom. The molecule has 0 bridgehead atoms. The lowest BCUT2D eigenvalue weighted by Gasteiger charge is -2.25. The van der Waals surface area contributed by atoms with Gasteiger partial charge in [0, 0.05) is 40.4 Å². The predicted octanol–water partition coefficient (Wildman–Crippen LogP) is 3.43. The third-order valence-corrected chi connectivity index (χ3v) is 7.98. The van der Waals surface area contributed by atoms with Crippen molar-refractivity contribution in [1.29, 1.82) is 0 Å². The van der Waals surface area contributed by atoms with Gasteiger partial charge >= 0.3 is 0 Å². The van der Waals surface area contributed by atoms with Crippen molar-refractivity contribution >= 4 is 60.5 Å². The number of aliphatic hydroxyl groups is 2. The number of nitrogens with one attached hydrogen (secondary N) is 4. The number of aromatic hydroxyl groups is 1. The van der Waals surface area contributed by atoms with Gasteiger partial charge < -0.3 is 30.9 Å². The molecule has 1 aliphatic carbocycles. The minimum atomic E-state index is -0.450. The normalized spacial score (nSPS) is 13.1. The molecule has 0 aliphatic heterocycles. The second-order valence-corrected chi connectivity index (χ2v) is 10.4. The van der Waals surface area contributed by atoms with Crippen molar-refractivity contribution in [1.82, 2.24) is 10.9 Å². The Morgan fingerprint density at radius 3 is 2.10 bits per heavy atom. The first kappa shape index (κ1) is 27.0. The average molecular weight is 557 g/mol. The van der Waals surface area contributed by atoms with Gasteiger partial charge in [-0.1, -0.05) is 25.5 Å². The molecular weight excluding hydrogens is 524 g/mol. The van der Waals surface area contributed by atoms with Gasteiger partial charge in [-0.25, -0.2) is 10.9 Å². The molecule has 0 atom stereocenters. The summed E-state index contributed by atoms with van der Waals surface area (Å²) in [6.45, 7) is 6.07. The van der Waals surface area contributed by atoms with E-state index >= 15 is 0 Å². The van der Waals surface area contributed by atoms with Crippen LogP contribution in [0.5, 0.6) is 11.5 Å². The van der Waals surface area contributed by atoms with E-state index in [1.807, 2.05) is 26.8 Å². The quantitative estimate of drug-likeness (QED) is 0.0622. The molecule has 7 N–H and O–H groups in total. The second-order valence-electron chi connectivity index (χ2n) is 10.4. The van der Waals surface area contributed by atoms with Crippen LogP contribution in [0.1, 0.15) is 43.0 Å². The smallest absolute Gasteiger partial charge is 0.230 e. The van der Waals surface area contributed by atoms with Gasteiger partial charge in [0.25, 0.3) is 0 Å². The van der Waals surface area contributed by atoms with Crippen molar-refractivity contribution in [3.05, 3.63) is 60.4 Å². The molecule has 0 spiro atoms. The maximum Gasteiger partial charge on any atom is 0.230 e. The van der Waals surface area contributed by atoms with Crippen molar-refractivity contribution in [2.45, 2.75) is 40.4 Å². The molecule has 5 aromatic rings. The van der Waals surface area contributed by atoms with Crippen LogP contribution in [0.15, 0.2) is 27.3 Å². The Morgan fingerprint density at radius 2 is 1.46 bits per heavy atom. The Labute approximate surface area is 234 Å². The molecule has 6 rings (SSSR count). The van der Waals surface area contributed by atoms with Crippen LogP contribution in [0, 0.1) is 0 Å². The molecule has 0 heterocycles. The molecular formula is C31H32N4O6. The minimum absolute atomic E-state index is 0.0953. The summed E-state index contributed by atoms with van der Waals surface area (Å²) in [6, 6.07) is 3.03. The largest absolute Gasteiger partial charge is 0.505 e. The standard InChI is InChI=1S/C31H32N4O6/c1-5-32-34-18-9-14(11-36)20-21-15(12-37)10-19(38)25-27(21)22-16(28(29(25)39)35-33-6-2)7-13(3)8-17-23(22)26(20)24(18)30(40)31(17)41-4/h7,9-10,32-37,39H,5-6,8,11-12H2,1-4H3. The van der Waals surface area contributed by atoms with E-state index in [2.05, 4.69) is 21.7 Å². The van der Waals surface area contributed by atoms with Crippen LogP contribution in [0.25, 0.3) is 49.2 Å². The summed E-state index contributed by atoms with van der Waals surface area (Å²) in [5.41, 5.74) is 15.5. The second kappa shape index (κ2) is 10.0. The third kappa shape index (κ3) is 3.65. The summed E-state index contributed by atoms with van der Waals surface area (Å²) >= 11 is 0. The lowest BCUT2D eigenvalue weighted by molar-refractivity contribution is 0.282. The highest BCUT2D eigenvalue weighted by Gasteiger charge is 2.32. The van der Waals surface area contributed by atoms with E-state index in [0.29, 0.717) is 90.8 Å². The molecule has 0 aromatic heterocycles. The number of hydrazine groups is 2. The zero-order valence-electron chi connectivity index (χ0n) is 23.3. The van der Waals surface area contributed by atoms with E-state index in [4.69, 9.17) is 4.74 Å². The molecule has 10 nitrogen and oxygen atoms in total. The maximum atomic E-state index is 14.2. The maximum absolute atomic E-state index is 14.2. The molecule has 0 fully saturated rings. The number of anilines is 2. The molecule has 212 valence electrons. The summed E-state index contributed by atoms with van der Waals surface area (Å²) in [4.78, 5) is 27.8. The van der Waals surface area contributed by atoms with Gasteiger partial charge in [0.15, 0.2) is 16.9 Å². The Bertz CT molecular complexity index is 2020. The number of allylic oxidation sites excluding steroid dienone is 1. The number of aliphatic hydroxyl groups excluding tert-OH is 2. The van der Waals surface area contributed by atoms with Gasteiger partial charge in [0.2, 0.25) is 5.43 Å². The van der Waals surface area contributed by atoms with Crippen LogP contribution in [-0.2, 0) is 19.6 Å². The van der Waals surface area contributed by atoms with Crippen LogP contribution in [0.3, 0.4) is 0 Å². The fourth-order valence-corrected chi connectivity index (χ4v) is 6.50. The highest BCUT2D eigenvalue weighted by atomic mass is 16.5. The lowest BCUT2D eigenvalue weighted by atomic mass is 9.81. The van der Waals surface area contributed by atoms with E-state index in [1.165, 1.54) is 13.2 Å². The van der Waals surface area contributed by atoms with E-state index in [0.717, 1.165) is 5.57 Å². The van der Waals surface area contributed by atoms with Crippen molar-refractivity contribution < 1.29 is 20.1 Å². The molecule has 1 aliphatic rings. The van der Waals surface area contributed by atoms with Gasteiger partial charge in [-0.3, -0.25) is 9.59 Å². The molecule has 0 amide bonds. The molecule has 10 heteroatoms. The number of hydrogen-bond donors (Lipinski definition) is 7. The van der Waals surface area contributed by atoms with Crippen LogP contribution in [-0.4, -0.2) is 35.5 Å². The summed E-state index contributed by atoms with van der Waals surface area (Å²) in [7, 11) is 1.47. The molecule has 0 saturated heterocycles. The summed E-state index contributed by atoms with van der Waals surface area (Å²) in [6.07, 6.45) is 2.34. The van der Waals surface area contributed by atoms with Gasteiger partial charge in [-0.2, -0.15) is 0 Å². The van der Waals surface area contributed by atoms with Crippen molar-refractivity contribution in [3.63, 3.8) is 0 Å². The lowest BCUT2D eigenvalue weighted by Crippen LogP contribution is -2.23. The minimum Gasteiger partial charge on any atom is -0.505 e. The molecule has 5 aromatic carbocycles. The summed E-state index contributed by atoms with van der Waals surface area (Å²) in [5.74, 6) is -0.0205. The van der Waals surface area contributed by atoms with Crippen molar-refractivity contribution in [2.24, 2.45) is 0 Å². The number of rotatable bonds is 9. The molecule has 41 heavy (non-hydrogen) atoms. The summed E-state index contributed by atoms with van der Waals surface area (Å²) in [5, 5.41) is 36.7.